The Labute approximate surface area is 195 Å². The van der Waals surface area contributed by atoms with Gasteiger partial charge in [0, 0.05) is 23.6 Å². The topological polar surface area (TPSA) is 67.9 Å². The zero-order valence-corrected chi connectivity index (χ0v) is 19.0. The molecule has 1 aliphatic heterocycles. The first-order valence-electron chi connectivity index (χ1n) is 12.2. The number of amides is 2. The van der Waals surface area contributed by atoms with E-state index in [9.17, 15) is 9.59 Å². The molecule has 0 unspecified atom stereocenters. The van der Waals surface area contributed by atoms with Crippen molar-refractivity contribution in [3.8, 4) is 11.5 Å². The van der Waals surface area contributed by atoms with Crippen LogP contribution in [0.15, 0.2) is 48.5 Å². The molecule has 3 aliphatic rings. The average Bonchev–Trinajstić information content (AvgIpc) is 3.55. The van der Waals surface area contributed by atoms with Crippen LogP contribution in [0, 0.1) is 11.8 Å². The minimum atomic E-state index is -0.0288. The zero-order valence-electron chi connectivity index (χ0n) is 19.0. The van der Waals surface area contributed by atoms with Gasteiger partial charge in [-0.15, -0.1) is 0 Å². The summed E-state index contributed by atoms with van der Waals surface area (Å²) in [6, 6.07) is 15.9. The van der Waals surface area contributed by atoms with Gasteiger partial charge in [0.05, 0.1) is 6.54 Å². The van der Waals surface area contributed by atoms with Crippen LogP contribution < -0.4 is 19.7 Å². The smallest absolute Gasteiger partial charge is 0.231 e. The Morgan fingerprint density at radius 2 is 1.58 bits per heavy atom. The van der Waals surface area contributed by atoms with E-state index >= 15 is 0 Å². The molecule has 0 saturated heterocycles. The number of hydrogen-bond donors (Lipinski definition) is 1. The van der Waals surface area contributed by atoms with Gasteiger partial charge in [0.2, 0.25) is 18.6 Å². The molecule has 6 nitrogen and oxygen atoms in total. The molecule has 2 aliphatic carbocycles. The van der Waals surface area contributed by atoms with E-state index in [4.69, 9.17) is 9.47 Å². The Morgan fingerprint density at radius 3 is 2.33 bits per heavy atom. The van der Waals surface area contributed by atoms with Gasteiger partial charge in [-0.05, 0) is 68.4 Å². The molecule has 5 rings (SSSR count). The Morgan fingerprint density at radius 1 is 0.848 bits per heavy atom. The molecule has 33 heavy (non-hydrogen) atoms. The number of rotatable bonds is 6. The van der Waals surface area contributed by atoms with Gasteiger partial charge in [0.15, 0.2) is 11.5 Å². The van der Waals surface area contributed by atoms with Crippen molar-refractivity contribution < 1.29 is 19.1 Å². The van der Waals surface area contributed by atoms with Gasteiger partial charge >= 0.3 is 0 Å². The van der Waals surface area contributed by atoms with Crippen molar-refractivity contribution in [1.82, 2.24) is 5.32 Å². The Bertz CT molecular complexity index is 979. The van der Waals surface area contributed by atoms with E-state index in [-0.39, 0.29) is 36.5 Å². The number of carbonyl (C=O) groups is 2. The van der Waals surface area contributed by atoms with Crippen LogP contribution in [-0.4, -0.2) is 24.6 Å². The lowest BCUT2D eigenvalue weighted by Crippen LogP contribution is -2.43. The summed E-state index contributed by atoms with van der Waals surface area (Å²) < 4.78 is 10.9. The summed E-state index contributed by atoms with van der Waals surface area (Å²) >= 11 is 0. The molecule has 2 aromatic rings. The third-order valence-corrected chi connectivity index (χ3v) is 7.26. The first kappa shape index (κ1) is 21.8. The standard InChI is InChI=1S/C27H32N2O4/c30-26(20-6-4-5-7-20)28-22-13-11-21(12-14-22)27(31)29(23-8-2-1-3-9-23)17-19-10-15-24-25(16-19)33-18-32-24/h1-3,8-10,15-16,20-22H,4-7,11-14,17-18H2,(H,28,30). The maximum atomic E-state index is 13.7. The highest BCUT2D eigenvalue weighted by molar-refractivity contribution is 5.95. The van der Waals surface area contributed by atoms with Gasteiger partial charge in [-0.3, -0.25) is 9.59 Å². The van der Waals surface area contributed by atoms with Crippen molar-refractivity contribution in [2.75, 3.05) is 11.7 Å². The number of anilines is 1. The Kier molecular flexibility index (Phi) is 6.51. The number of carbonyl (C=O) groups excluding carboxylic acids is 2. The summed E-state index contributed by atoms with van der Waals surface area (Å²) in [7, 11) is 0. The summed E-state index contributed by atoms with van der Waals surface area (Å²) in [4.78, 5) is 28.0. The van der Waals surface area contributed by atoms with Crippen LogP contribution in [0.25, 0.3) is 0 Å². The van der Waals surface area contributed by atoms with E-state index in [1.54, 1.807) is 0 Å². The molecule has 0 bridgehead atoms. The highest BCUT2D eigenvalue weighted by Crippen LogP contribution is 2.34. The van der Waals surface area contributed by atoms with Crippen molar-refractivity contribution in [2.45, 2.75) is 64.0 Å². The fourth-order valence-corrected chi connectivity index (χ4v) is 5.34. The van der Waals surface area contributed by atoms with E-state index in [0.717, 1.165) is 74.1 Å². The second kappa shape index (κ2) is 9.86. The lowest BCUT2D eigenvalue weighted by Gasteiger charge is -2.33. The van der Waals surface area contributed by atoms with Gasteiger partial charge in [-0.2, -0.15) is 0 Å². The Hall–Kier alpha value is -3.02. The maximum absolute atomic E-state index is 13.7. The summed E-state index contributed by atoms with van der Waals surface area (Å²) in [5, 5.41) is 3.26. The first-order valence-corrected chi connectivity index (χ1v) is 12.2. The van der Waals surface area contributed by atoms with Crippen molar-refractivity contribution in [3.63, 3.8) is 0 Å². The largest absolute Gasteiger partial charge is 0.454 e. The van der Waals surface area contributed by atoms with Crippen molar-refractivity contribution >= 4 is 17.5 Å². The third kappa shape index (κ3) is 5.00. The monoisotopic (exact) mass is 448 g/mol. The summed E-state index contributed by atoms with van der Waals surface area (Å²) in [6.45, 7) is 0.721. The third-order valence-electron chi connectivity index (χ3n) is 7.26. The molecule has 0 radical (unpaired) electrons. The average molecular weight is 449 g/mol. The normalized spacial score (nSPS) is 22.2. The van der Waals surface area contributed by atoms with E-state index < -0.39 is 0 Å². The first-order chi connectivity index (χ1) is 16.2. The van der Waals surface area contributed by atoms with E-state index in [1.807, 2.05) is 53.4 Å². The second-order valence-electron chi connectivity index (χ2n) is 9.49. The number of hydrogen-bond acceptors (Lipinski definition) is 4. The van der Waals surface area contributed by atoms with Crippen LogP contribution in [-0.2, 0) is 16.1 Å². The lowest BCUT2D eigenvalue weighted by atomic mass is 9.84. The summed E-state index contributed by atoms with van der Waals surface area (Å²) in [5.74, 6) is 2.01. The highest BCUT2D eigenvalue weighted by Gasteiger charge is 2.32. The van der Waals surface area contributed by atoms with E-state index in [2.05, 4.69) is 5.32 Å². The highest BCUT2D eigenvalue weighted by atomic mass is 16.7. The predicted molar refractivity (Wildman–Crippen MR) is 126 cm³/mol. The van der Waals surface area contributed by atoms with Gasteiger partial charge in [0.25, 0.3) is 0 Å². The number of fused-ring (bicyclic) bond motifs is 1. The Balaban J connectivity index is 1.24. The quantitative estimate of drug-likeness (QED) is 0.688. The van der Waals surface area contributed by atoms with Crippen molar-refractivity contribution in [1.29, 1.82) is 0 Å². The number of nitrogens with one attached hydrogen (secondary N) is 1. The predicted octanol–water partition coefficient (Wildman–Crippen LogP) is 4.81. The molecule has 1 heterocycles. The molecular formula is C27H32N2O4. The van der Waals surface area contributed by atoms with Crippen LogP contribution in [0.5, 0.6) is 11.5 Å². The van der Waals surface area contributed by atoms with E-state index in [0.29, 0.717) is 6.54 Å². The van der Waals surface area contributed by atoms with Crippen molar-refractivity contribution in [2.24, 2.45) is 11.8 Å². The SMILES string of the molecule is O=C(NC1CCC(C(=O)N(Cc2ccc3c(c2)OCO3)c2ccccc2)CC1)C1CCCC1. The number of ether oxygens (including phenoxy) is 2. The summed E-state index contributed by atoms with van der Waals surface area (Å²) in [5.41, 5.74) is 1.91. The zero-order chi connectivity index (χ0) is 22.6. The molecule has 2 aromatic carbocycles. The number of nitrogens with zero attached hydrogens (tertiary/aromatic N) is 1. The van der Waals surface area contributed by atoms with Gasteiger partial charge in [-0.1, -0.05) is 37.1 Å². The van der Waals surface area contributed by atoms with Gasteiger partial charge in [-0.25, -0.2) is 0 Å². The fourth-order valence-electron chi connectivity index (χ4n) is 5.34. The van der Waals surface area contributed by atoms with Crippen LogP contribution in [0.3, 0.4) is 0 Å². The molecule has 0 spiro atoms. The molecule has 0 atom stereocenters. The molecule has 2 amide bonds. The molecule has 174 valence electrons. The number of para-hydroxylation sites is 1. The van der Waals surface area contributed by atoms with Crippen LogP contribution in [0.2, 0.25) is 0 Å². The van der Waals surface area contributed by atoms with Gasteiger partial charge in [0.1, 0.15) is 0 Å². The lowest BCUT2D eigenvalue weighted by molar-refractivity contribution is -0.126. The van der Waals surface area contributed by atoms with Crippen LogP contribution >= 0.6 is 0 Å². The second-order valence-corrected chi connectivity index (χ2v) is 9.49. The molecule has 1 N–H and O–H groups in total. The molecular weight excluding hydrogens is 416 g/mol. The van der Waals surface area contributed by atoms with Crippen molar-refractivity contribution in [3.05, 3.63) is 54.1 Å². The van der Waals surface area contributed by atoms with Gasteiger partial charge < -0.3 is 19.7 Å². The summed E-state index contributed by atoms with van der Waals surface area (Å²) in [6.07, 6.45) is 7.70. The minimum absolute atomic E-state index is 0.0288. The fraction of sp³-hybridized carbons (Fsp3) is 0.481. The molecule has 2 fully saturated rings. The van der Waals surface area contributed by atoms with E-state index in [1.165, 1.54) is 0 Å². The number of benzene rings is 2. The molecule has 0 aromatic heterocycles. The molecule has 6 heteroatoms. The minimum Gasteiger partial charge on any atom is -0.454 e. The van der Waals surface area contributed by atoms with Crippen LogP contribution in [0.4, 0.5) is 5.69 Å². The van der Waals surface area contributed by atoms with Crippen LogP contribution in [0.1, 0.15) is 56.9 Å². The maximum Gasteiger partial charge on any atom is 0.231 e. The molecule has 2 saturated carbocycles.